The topological polar surface area (TPSA) is 109 Å². The fraction of sp³-hybridized carbons (Fsp3) is 0.778. The van der Waals surface area contributed by atoms with E-state index in [0.29, 0.717) is 0 Å². The predicted octanol–water partition coefficient (Wildman–Crippen LogP) is 1.22. The van der Waals surface area contributed by atoms with Gasteiger partial charge in [-0.1, -0.05) is 0 Å². The van der Waals surface area contributed by atoms with Crippen LogP contribution in [-0.4, -0.2) is 40.5 Å². The van der Waals surface area contributed by atoms with Gasteiger partial charge in [-0.05, 0) is 20.8 Å². The molecule has 7 nitrogen and oxygen atoms in total. The van der Waals surface area contributed by atoms with Crippen LogP contribution in [0.15, 0.2) is 0 Å². The SMILES string of the molecule is CCOP(=O)(OCC)C(=[N+]=[N-])C(=O)CC(C)O. The molecule has 98 valence electrons. The number of Topliss-reactive ketones (excluding diaryl/α,β-unsaturated/α-hetero) is 1. The van der Waals surface area contributed by atoms with E-state index in [4.69, 9.17) is 19.7 Å². The zero-order chi connectivity index (χ0) is 13.5. The third-order valence-electron chi connectivity index (χ3n) is 1.68. The third-order valence-corrected chi connectivity index (χ3v) is 3.74. The lowest BCUT2D eigenvalue weighted by atomic mass is 10.2. The van der Waals surface area contributed by atoms with Crippen LogP contribution in [0.2, 0.25) is 0 Å². The van der Waals surface area contributed by atoms with Crippen molar-refractivity contribution < 1.29 is 28.3 Å². The fourth-order valence-electron chi connectivity index (χ4n) is 1.12. The minimum absolute atomic E-state index is 0.0399. The molecule has 1 atom stereocenters. The quantitative estimate of drug-likeness (QED) is 0.307. The van der Waals surface area contributed by atoms with Crippen LogP contribution in [0.3, 0.4) is 0 Å². The molecule has 0 radical (unpaired) electrons. The highest BCUT2D eigenvalue weighted by molar-refractivity contribution is 7.74. The Labute approximate surface area is 99.9 Å². The van der Waals surface area contributed by atoms with E-state index in [1.54, 1.807) is 13.8 Å². The average molecular weight is 264 g/mol. The van der Waals surface area contributed by atoms with Gasteiger partial charge in [0.25, 0.3) is 5.78 Å². The normalized spacial score (nSPS) is 12.9. The van der Waals surface area contributed by atoms with Gasteiger partial charge in [-0.3, -0.25) is 4.79 Å². The molecule has 0 aromatic rings. The summed E-state index contributed by atoms with van der Waals surface area (Å²) in [5.74, 6) is -0.771. The van der Waals surface area contributed by atoms with Crippen molar-refractivity contribution in [2.24, 2.45) is 0 Å². The maximum Gasteiger partial charge on any atom is 0.446 e. The molecule has 0 fully saturated rings. The lowest BCUT2D eigenvalue weighted by Crippen LogP contribution is -2.22. The summed E-state index contributed by atoms with van der Waals surface area (Å²) in [7, 11) is -3.90. The van der Waals surface area contributed by atoms with E-state index in [9.17, 15) is 9.36 Å². The van der Waals surface area contributed by atoms with Gasteiger partial charge in [0.15, 0.2) is 0 Å². The molecule has 1 unspecified atom stereocenters. The van der Waals surface area contributed by atoms with E-state index in [2.05, 4.69) is 4.79 Å². The number of aliphatic hydroxyl groups is 1. The van der Waals surface area contributed by atoms with Crippen LogP contribution >= 0.6 is 7.60 Å². The highest BCUT2D eigenvalue weighted by atomic mass is 31.2. The van der Waals surface area contributed by atoms with E-state index < -0.39 is 24.9 Å². The molecule has 1 N–H and O–H groups in total. The summed E-state index contributed by atoms with van der Waals surface area (Å²) in [6.45, 7) is 4.61. The van der Waals surface area contributed by atoms with Crippen molar-refractivity contribution >= 4 is 18.8 Å². The Morgan fingerprint density at radius 2 is 1.88 bits per heavy atom. The Morgan fingerprint density at radius 3 is 2.18 bits per heavy atom. The highest BCUT2D eigenvalue weighted by Gasteiger charge is 2.45. The van der Waals surface area contributed by atoms with Crippen molar-refractivity contribution in [3.05, 3.63) is 5.53 Å². The van der Waals surface area contributed by atoms with Crippen molar-refractivity contribution in [2.75, 3.05) is 13.2 Å². The number of hydrogen-bond donors (Lipinski definition) is 1. The molecule has 0 aliphatic rings. The summed E-state index contributed by atoms with van der Waals surface area (Å²) in [6, 6.07) is 0. The van der Waals surface area contributed by atoms with E-state index >= 15 is 0 Å². The Balaban J connectivity index is 5.13. The largest absolute Gasteiger partial charge is 0.446 e. The van der Waals surface area contributed by atoms with Crippen LogP contribution in [0.25, 0.3) is 5.53 Å². The summed E-state index contributed by atoms with van der Waals surface area (Å²) < 4.78 is 21.9. The van der Waals surface area contributed by atoms with Gasteiger partial charge in [0.2, 0.25) is 0 Å². The van der Waals surface area contributed by atoms with Gasteiger partial charge in [0.05, 0.1) is 19.3 Å². The van der Waals surface area contributed by atoms with Crippen molar-refractivity contribution in [3.63, 3.8) is 0 Å². The number of nitrogens with zero attached hydrogens (tertiary/aromatic N) is 2. The van der Waals surface area contributed by atoms with Gasteiger partial charge in [-0.15, -0.1) is 0 Å². The second-order valence-corrected chi connectivity index (χ2v) is 5.17. The standard InChI is InChI=1S/C9H17N2O5P/c1-4-15-17(14,16-5-2)9(11-10)8(13)6-7(3)12/h7,12H,4-6H2,1-3H3. The van der Waals surface area contributed by atoms with Crippen LogP contribution in [0.1, 0.15) is 27.2 Å². The smallest absolute Gasteiger partial charge is 0.393 e. The van der Waals surface area contributed by atoms with Gasteiger partial charge in [-0.2, -0.15) is 4.79 Å². The van der Waals surface area contributed by atoms with Crippen LogP contribution < -0.4 is 0 Å². The van der Waals surface area contributed by atoms with Crippen LogP contribution in [0.4, 0.5) is 0 Å². The van der Waals surface area contributed by atoms with Gasteiger partial charge < -0.3 is 19.7 Å². The fourth-order valence-corrected chi connectivity index (χ4v) is 2.63. The van der Waals surface area contributed by atoms with Crippen molar-refractivity contribution in [1.82, 2.24) is 0 Å². The van der Waals surface area contributed by atoms with Crippen molar-refractivity contribution in [3.8, 4) is 0 Å². The van der Waals surface area contributed by atoms with Gasteiger partial charge in [0.1, 0.15) is 0 Å². The number of hydrogen-bond acceptors (Lipinski definition) is 5. The third kappa shape index (κ3) is 4.89. The zero-order valence-electron chi connectivity index (χ0n) is 10.1. The summed E-state index contributed by atoms with van der Waals surface area (Å²) in [5.41, 5.74) is 8.07. The van der Waals surface area contributed by atoms with Crippen LogP contribution in [0.5, 0.6) is 0 Å². The van der Waals surface area contributed by atoms with E-state index in [1.807, 2.05) is 0 Å². The number of carbonyl (C=O) groups excluding carboxylic acids is 1. The van der Waals surface area contributed by atoms with Gasteiger partial charge in [-0.25, -0.2) is 4.57 Å². The molecule has 0 saturated carbocycles. The number of ketones is 1. The first kappa shape index (κ1) is 16.2. The van der Waals surface area contributed by atoms with E-state index in [-0.39, 0.29) is 19.6 Å². The molecule has 0 aromatic carbocycles. The monoisotopic (exact) mass is 264 g/mol. The Bertz CT molecular complexity index is 352. The molecule has 17 heavy (non-hydrogen) atoms. The summed E-state index contributed by atoms with van der Waals surface area (Å²) >= 11 is 0. The van der Waals surface area contributed by atoms with Gasteiger partial charge in [0, 0.05) is 6.42 Å². The lowest BCUT2D eigenvalue weighted by Gasteiger charge is -2.12. The molecule has 0 bridgehead atoms. The van der Waals surface area contributed by atoms with Gasteiger partial charge >= 0.3 is 13.0 Å². The lowest BCUT2D eigenvalue weighted by molar-refractivity contribution is -0.118. The maximum absolute atomic E-state index is 12.1. The first-order chi connectivity index (χ1) is 7.91. The summed E-state index contributed by atoms with van der Waals surface area (Å²) in [4.78, 5) is 14.3. The predicted molar refractivity (Wildman–Crippen MR) is 60.8 cm³/mol. The number of carbonyl (C=O) groups is 1. The van der Waals surface area contributed by atoms with E-state index in [1.165, 1.54) is 6.92 Å². The minimum Gasteiger partial charge on any atom is -0.393 e. The molecule has 0 saturated heterocycles. The van der Waals surface area contributed by atoms with Crippen LogP contribution in [0, 0.1) is 0 Å². The summed E-state index contributed by atoms with van der Waals surface area (Å²) in [6.07, 6.45) is -1.25. The molecule has 8 heteroatoms. The molecule has 0 spiro atoms. The summed E-state index contributed by atoms with van der Waals surface area (Å²) in [5, 5.41) is 9.06. The second kappa shape index (κ2) is 7.48. The number of aliphatic hydroxyl groups excluding tert-OH is 1. The highest BCUT2D eigenvalue weighted by Crippen LogP contribution is 2.49. The molecule has 0 amide bonds. The second-order valence-electron chi connectivity index (χ2n) is 3.23. The first-order valence-electron chi connectivity index (χ1n) is 5.24. The number of rotatable bonds is 8. The zero-order valence-corrected chi connectivity index (χ0v) is 11.0. The Morgan fingerprint density at radius 1 is 1.41 bits per heavy atom. The average Bonchev–Trinajstić information content (AvgIpc) is 2.17. The van der Waals surface area contributed by atoms with E-state index in [0.717, 1.165) is 0 Å². The van der Waals surface area contributed by atoms with Crippen LogP contribution in [-0.2, 0) is 18.4 Å². The van der Waals surface area contributed by atoms with Crippen molar-refractivity contribution in [2.45, 2.75) is 33.3 Å². The first-order valence-corrected chi connectivity index (χ1v) is 6.78. The molecular formula is C9H17N2O5P. The minimum atomic E-state index is -3.90. The Hall–Kier alpha value is -0.840. The maximum atomic E-state index is 12.1. The van der Waals surface area contributed by atoms with Crippen molar-refractivity contribution in [1.29, 1.82) is 0 Å². The molecular weight excluding hydrogens is 247 g/mol. The molecule has 0 aliphatic carbocycles. The Kier molecular flexibility index (Phi) is 7.11. The molecule has 0 aliphatic heterocycles. The molecule has 0 heterocycles. The molecule has 0 aromatic heterocycles. The molecule has 0 rings (SSSR count).